The van der Waals surface area contributed by atoms with Crippen LogP contribution in [0.15, 0.2) is 0 Å². The number of amides is 2. The first-order valence-corrected chi connectivity index (χ1v) is 9.69. The number of hydrogen-bond acceptors (Lipinski definition) is 2. The van der Waals surface area contributed by atoms with Gasteiger partial charge >= 0.3 is 0 Å². The van der Waals surface area contributed by atoms with Crippen LogP contribution >= 0.6 is 0 Å². The summed E-state index contributed by atoms with van der Waals surface area (Å²) in [6.07, 6.45) is 19.8. The highest BCUT2D eigenvalue weighted by molar-refractivity contribution is 5.73. The summed E-state index contributed by atoms with van der Waals surface area (Å²) >= 11 is 0. The number of hydrogen-bond donors (Lipinski definition) is 2. The third kappa shape index (κ3) is 20.9. The summed E-state index contributed by atoms with van der Waals surface area (Å²) in [5.41, 5.74) is 10.2. The van der Waals surface area contributed by atoms with Crippen LogP contribution < -0.4 is 11.5 Å². The van der Waals surface area contributed by atoms with Crippen molar-refractivity contribution in [3.05, 3.63) is 0 Å². The maximum atomic E-state index is 10.6. The van der Waals surface area contributed by atoms with Crippen LogP contribution in [0.4, 0.5) is 0 Å². The van der Waals surface area contributed by atoms with E-state index in [0.717, 1.165) is 25.7 Å². The van der Waals surface area contributed by atoms with Gasteiger partial charge in [0.2, 0.25) is 11.8 Å². The molecule has 0 unspecified atom stereocenters. The summed E-state index contributed by atoms with van der Waals surface area (Å²) in [7, 11) is 0. The Hall–Kier alpha value is -1.06. The molecule has 0 fully saturated rings. The van der Waals surface area contributed by atoms with Gasteiger partial charge in [-0.15, -0.1) is 0 Å². The highest BCUT2D eigenvalue weighted by Crippen LogP contribution is 2.13. The Morgan fingerprint density at radius 3 is 0.739 bits per heavy atom. The van der Waals surface area contributed by atoms with Crippen molar-refractivity contribution in [1.29, 1.82) is 0 Å². The van der Waals surface area contributed by atoms with Gasteiger partial charge in [-0.25, -0.2) is 0 Å². The molecule has 0 bridgehead atoms. The van der Waals surface area contributed by atoms with Gasteiger partial charge in [-0.05, 0) is 12.8 Å². The topological polar surface area (TPSA) is 86.2 Å². The van der Waals surface area contributed by atoms with E-state index in [4.69, 9.17) is 11.5 Å². The molecule has 0 heterocycles. The zero-order valence-electron chi connectivity index (χ0n) is 15.0. The molecule has 136 valence electrons. The molecule has 0 aliphatic rings. The predicted octanol–water partition coefficient (Wildman–Crippen LogP) is 4.59. The van der Waals surface area contributed by atoms with E-state index in [2.05, 4.69) is 0 Å². The standard InChI is InChI=1S/C19H38N2O2/c20-18(22)16-14-12-10-8-6-4-2-1-3-5-7-9-11-13-15-17-19(21)23/h1-17H2,(H2,20,22)(H2,21,23). The molecule has 4 nitrogen and oxygen atoms in total. The van der Waals surface area contributed by atoms with Crippen LogP contribution in [-0.4, -0.2) is 11.8 Å². The zero-order valence-corrected chi connectivity index (χ0v) is 15.0. The molecule has 0 rings (SSSR count). The molecule has 0 aliphatic heterocycles. The lowest BCUT2D eigenvalue weighted by molar-refractivity contribution is -0.119. The van der Waals surface area contributed by atoms with Crippen molar-refractivity contribution in [1.82, 2.24) is 0 Å². The summed E-state index contributed by atoms with van der Waals surface area (Å²) in [5.74, 6) is -0.341. The van der Waals surface area contributed by atoms with Crippen LogP contribution in [0.25, 0.3) is 0 Å². The highest BCUT2D eigenvalue weighted by Gasteiger charge is 1.97. The summed E-state index contributed by atoms with van der Waals surface area (Å²) in [6.45, 7) is 0. The lowest BCUT2D eigenvalue weighted by Crippen LogP contribution is -2.09. The number of nitrogens with two attached hydrogens (primary N) is 2. The SMILES string of the molecule is NC(=O)CCCCCCCCCCCCCCCCCC(N)=O. The second kappa shape index (κ2) is 17.3. The van der Waals surface area contributed by atoms with Crippen LogP contribution in [0, 0.1) is 0 Å². The third-order valence-corrected chi connectivity index (χ3v) is 4.35. The van der Waals surface area contributed by atoms with Crippen LogP contribution in [0.3, 0.4) is 0 Å². The smallest absolute Gasteiger partial charge is 0.217 e. The minimum absolute atomic E-state index is 0.171. The predicted molar refractivity (Wildman–Crippen MR) is 96.9 cm³/mol. The van der Waals surface area contributed by atoms with Gasteiger partial charge in [0, 0.05) is 12.8 Å². The zero-order chi connectivity index (χ0) is 17.2. The monoisotopic (exact) mass is 326 g/mol. The van der Waals surface area contributed by atoms with E-state index in [1.807, 2.05) is 0 Å². The van der Waals surface area contributed by atoms with Gasteiger partial charge in [-0.1, -0.05) is 83.5 Å². The van der Waals surface area contributed by atoms with Gasteiger partial charge in [0.1, 0.15) is 0 Å². The van der Waals surface area contributed by atoms with E-state index < -0.39 is 0 Å². The Kier molecular flexibility index (Phi) is 16.5. The van der Waals surface area contributed by atoms with Gasteiger partial charge in [-0.3, -0.25) is 9.59 Å². The Morgan fingerprint density at radius 1 is 0.391 bits per heavy atom. The van der Waals surface area contributed by atoms with E-state index in [-0.39, 0.29) is 11.8 Å². The summed E-state index contributed by atoms with van der Waals surface area (Å²) in [5, 5.41) is 0. The van der Waals surface area contributed by atoms with E-state index >= 15 is 0 Å². The van der Waals surface area contributed by atoms with Crippen LogP contribution in [0.2, 0.25) is 0 Å². The first-order valence-electron chi connectivity index (χ1n) is 9.69. The normalized spacial score (nSPS) is 10.8. The molecule has 0 aromatic heterocycles. The fourth-order valence-corrected chi connectivity index (χ4v) is 2.90. The molecule has 0 saturated heterocycles. The largest absolute Gasteiger partial charge is 0.370 e. The molecule has 23 heavy (non-hydrogen) atoms. The molecule has 0 saturated carbocycles. The van der Waals surface area contributed by atoms with Crippen LogP contribution in [0.1, 0.15) is 109 Å². The molecule has 0 spiro atoms. The quantitative estimate of drug-likeness (QED) is 0.361. The third-order valence-electron chi connectivity index (χ3n) is 4.35. The second-order valence-electron chi connectivity index (χ2n) is 6.74. The molecule has 4 heteroatoms. The van der Waals surface area contributed by atoms with Crippen LogP contribution in [0.5, 0.6) is 0 Å². The van der Waals surface area contributed by atoms with Crippen molar-refractivity contribution in [3.63, 3.8) is 0 Å². The molecule has 0 radical (unpaired) electrons. The Balaban J connectivity index is 3.00. The van der Waals surface area contributed by atoms with Crippen molar-refractivity contribution < 1.29 is 9.59 Å². The molecule has 0 atom stereocenters. The van der Waals surface area contributed by atoms with Gasteiger partial charge in [0.15, 0.2) is 0 Å². The van der Waals surface area contributed by atoms with Crippen molar-refractivity contribution in [3.8, 4) is 0 Å². The molecule has 0 aliphatic carbocycles. The minimum atomic E-state index is -0.171. The maximum absolute atomic E-state index is 10.6. The van der Waals surface area contributed by atoms with Crippen LogP contribution in [-0.2, 0) is 9.59 Å². The number of unbranched alkanes of at least 4 members (excludes halogenated alkanes) is 14. The number of primary amides is 2. The highest BCUT2D eigenvalue weighted by atomic mass is 16.1. The number of carbonyl (C=O) groups excluding carboxylic acids is 2. The molecular weight excluding hydrogens is 288 g/mol. The van der Waals surface area contributed by atoms with Crippen molar-refractivity contribution >= 4 is 11.8 Å². The molecule has 4 N–H and O–H groups in total. The van der Waals surface area contributed by atoms with Gasteiger partial charge < -0.3 is 11.5 Å². The van der Waals surface area contributed by atoms with E-state index in [1.165, 1.54) is 70.6 Å². The van der Waals surface area contributed by atoms with E-state index in [0.29, 0.717) is 12.8 Å². The van der Waals surface area contributed by atoms with Crippen molar-refractivity contribution in [2.75, 3.05) is 0 Å². The second-order valence-corrected chi connectivity index (χ2v) is 6.74. The molecule has 0 aromatic carbocycles. The average Bonchev–Trinajstić information content (AvgIpc) is 2.49. The fraction of sp³-hybridized carbons (Fsp3) is 0.895. The number of carbonyl (C=O) groups is 2. The van der Waals surface area contributed by atoms with E-state index in [1.54, 1.807) is 0 Å². The van der Waals surface area contributed by atoms with Gasteiger partial charge in [0.05, 0.1) is 0 Å². The van der Waals surface area contributed by atoms with Crippen molar-refractivity contribution in [2.45, 2.75) is 109 Å². The number of rotatable bonds is 18. The lowest BCUT2D eigenvalue weighted by atomic mass is 10.0. The molecule has 2 amide bonds. The summed E-state index contributed by atoms with van der Waals surface area (Å²) < 4.78 is 0. The van der Waals surface area contributed by atoms with Gasteiger partial charge in [0.25, 0.3) is 0 Å². The van der Waals surface area contributed by atoms with Crippen molar-refractivity contribution in [2.24, 2.45) is 11.5 Å². The minimum Gasteiger partial charge on any atom is -0.370 e. The fourth-order valence-electron chi connectivity index (χ4n) is 2.90. The summed E-state index contributed by atoms with van der Waals surface area (Å²) in [6, 6.07) is 0. The summed E-state index contributed by atoms with van der Waals surface area (Å²) in [4.78, 5) is 21.2. The first-order chi connectivity index (χ1) is 11.1. The maximum Gasteiger partial charge on any atom is 0.217 e. The molecule has 0 aromatic rings. The Bertz CT molecular complexity index is 265. The lowest BCUT2D eigenvalue weighted by Gasteiger charge is -2.03. The van der Waals surface area contributed by atoms with E-state index in [9.17, 15) is 9.59 Å². The first kappa shape index (κ1) is 21.9. The molecular formula is C19H38N2O2. The Morgan fingerprint density at radius 2 is 0.565 bits per heavy atom. The Labute approximate surface area is 142 Å². The average molecular weight is 327 g/mol. The van der Waals surface area contributed by atoms with Gasteiger partial charge in [-0.2, -0.15) is 0 Å².